The van der Waals surface area contributed by atoms with Crippen molar-refractivity contribution < 1.29 is 14.3 Å². The van der Waals surface area contributed by atoms with Gasteiger partial charge in [0.05, 0.1) is 17.9 Å². The third-order valence-electron chi connectivity index (χ3n) is 4.00. The second-order valence-electron chi connectivity index (χ2n) is 5.86. The standard InChI is InChI=1S/C15H19N3O3/c1-9-13(6-16-10(2)17-9)15(20)21-8-11-5-14(19)18(7-11)12-3-4-12/h6,11-12H,3-5,7-8H2,1-2H3. The molecule has 6 nitrogen and oxygen atoms in total. The number of hydrogen-bond acceptors (Lipinski definition) is 5. The number of aryl methyl sites for hydroxylation is 2. The Kier molecular flexibility index (Phi) is 3.61. The van der Waals surface area contributed by atoms with E-state index < -0.39 is 5.97 Å². The topological polar surface area (TPSA) is 72.4 Å². The minimum atomic E-state index is -0.412. The number of hydrogen-bond donors (Lipinski definition) is 0. The van der Waals surface area contributed by atoms with E-state index in [9.17, 15) is 9.59 Å². The summed E-state index contributed by atoms with van der Waals surface area (Å²) in [6.45, 7) is 4.53. The van der Waals surface area contributed by atoms with Crippen LogP contribution in [0.1, 0.15) is 41.1 Å². The van der Waals surface area contributed by atoms with Crippen molar-refractivity contribution in [3.63, 3.8) is 0 Å². The second-order valence-corrected chi connectivity index (χ2v) is 5.86. The normalized spacial score (nSPS) is 21.7. The van der Waals surface area contributed by atoms with E-state index in [4.69, 9.17) is 4.74 Å². The van der Waals surface area contributed by atoms with Crippen LogP contribution in [0.15, 0.2) is 6.20 Å². The fraction of sp³-hybridized carbons (Fsp3) is 0.600. The highest BCUT2D eigenvalue weighted by atomic mass is 16.5. The SMILES string of the molecule is Cc1ncc(C(=O)OCC2CC(=O)N(C3CC3)C2)c(C)n1. The highest BCUT2D eigenvalue weighted by molar-refractivity contribution is 5.90. The largest absolute Gasteiger partial charge is 0.462 e. The molecule has 1 unspecified atom stereocenters. The highest BCUT2D eigenvalue weighted by Gasteiger charge is 2.39. The van der Waals surface area contributed by atoms with Gasteiger partial charge >= 0.3 is 5.97 Å². The fourth-order valence-electron chi connectivity index (χ4n) is 2.71. The van der Waals surface area contributed by atoms with Gasteiger partial charge in [0, 0.05) is 31.1 Å². The smallest absolute Gasteiger partial charge is 0.341 e. The molecule has 0 N–H and O–H groups in total. The third kappa shape index (κ3) is 3.04. The minimum Gasteiger partial charge on any atom is -0.462 e. The third-order valence-corrected chi connectivity index (χ3v) is 4.00. The summed E-state index contributed by atoms with van der Waals surface area (Å²) in [4.78, 5) is 34.0. The van der Waals surface area contributed by atoms with E-state index in [-0.39, 0.29) is 18.4 Å². The molecular weight excluding hydrogens is 270 g/mol. The molecule has 1 saturated heterocycles. The molecule has 2 aliphatic rings. The van der Waals surface area contributed by atoms with Crippen LogP contribution in [0.2, 0.25) is 0 Å². The van der Waals surface area contributed by atoms with Crippen molar-refractivity contribution in [2.75, 3.05) is 13.2 Å². The molecule has 1 aliphatic carbocycles. The Balaban J connectivity index is 1.55. The first kappa shape index (κ1) is 14.0. The minimum absolute atomic E-state index is 0.105. The maximum atomic E-state index is 12.0. The molecule has 1 atom stereocenters. The molecule has 3 rings (SSSR count). The van der Waals surface area contributed by atoms with Gasteiger partial charge in [0.2, 0.25) is 5.91 Å². The highest BCUT2D eigenvalue weighted by Crippen LogP contribution is 2.32. The van der Waals surface area contributed by atoms with Gasteiger partial charge in [-0.15, -0.1) is 0 Å². The summed E-state index contributed by atoms with van der Waals surface area (Å²) >= 11 is 0. The first-order valence-electron chi connectivity index (χ1n) is 7.31. The Labute approximate surface area is 123 Å². The summed E-state index contributed by atoms with van der Waals surface area (Å²) in [6, 6.07) is 0.436. The summed E-state index contributed by atoms with van der Waals surface area (Å²) in [5.74, 6) is 0.512. The molecule has 0 aromatic carbocycles. The van der Waals surface area contributed by atoms with Gasteiger partial charge in [-0.2, -0.15) is 0 Å². The molecule has 1 saturated carbocycles. The van der Waals surface area contributed by atoms with E-state index in [1.807, 2.05) is 4.90 Å². The predicted molar refractivity (Wildman–Crippen MR) is 74.6 cm³/mol. The van der Waals surface area contributed by atoms with Crippen molar-refractivity contribution in [2.24, 2.45) is 5.92 Å². The first-order valence-corrected chi connectivity index (χ1v) is 7.31. The van der Waals surface area contributed by atoms with Gasteiger partial charge in [0.1, 0.15) is 5.82 Å². The number of carbonyl (C=O) groups excluding carboxylic acids is 2. The lowest BCUT2D eigenvalue weighted by atomic mass is 10.1. The van der Waals surface area contributed by atoms with Crippen LogP contribution in [-0.4, -0.2) is 45.9 Å². The average molecular weight is 289 g/mol. The number of amides is 1. The van der Waals surface area contributed by atoms with Crippen LogP contribution >= 0.6 is 0 Å². The lowest BCUT2D eigenvalue weighted by Crippen LogP contribution is -2.28. The van der Waals surface area contributed by atoms with Gasteiger partial charge in [-0.1, -0.05) is 0 Å². The number of ether oxygens (including phenoxy) is 1. The van der Waals surface area contributed by atoms with Crippen LogP contribution in [0.3, 0.4) is 0 Å². The van der Waals surface area contributed by atoms with Crippen LogP contribution in [0.4, 0.5) is 0 Å². The van der Waals surface area contributed by atoms with Gasteiger partial charge in [-0.3, -0.25) is 4.79 Å². The van der Waals surface area contributed by atoms with Crippen molar-refractivity contribution in [3.05, 3.63) is 23.3 Å². The Morgan fingerprint density at radius 3 is 2.86 bits per heavy atom. The molecule has 1 aromatic rings. The van der Waals surface area contributed by atoms with E-state index in [0.29, 0.717) is 36.1 Å². The molecule has 1 aromatic heterocycles. The van der Waals surface area contributed by atoms with Gasteiger partial charge in [0.25, 0.3) is 0 Å². The number of likely N-dealkylation sites (tertiary alicyclic amines) is 1. The van der Waals surface area contributed by atoms with Crippen molar-refractivity contribution in [3.8, 4) is 0 Å². The summed E-state index contributed by atoms with van der Waals surface area (Å²) < 4.78 is 5.33. The molecule has 0 spiro atoms. The number of carbonyl (C=O) groups is 2. The van der Waals surface area contributed by atoms with Crippen molar-refractivity contribution >= 4 is 11.9 Å². The Morgan fingerprint density at radius 1 is 1.43 bits per heavy atom. The van der Waals surface area contributed by atoms with Crippen molar-refractivity contribution in [2.45, 2.75) is 39.2 Å². The molecule has 2 fully saturated rings. The van der Waals surface area contributed by atoms with E-state index in [0.717, 1.165) is 12.8 Å². The maximum Gasteiger partial charge on any atom is 0.341 e. The lowest BCUT2D eigenvalue weighted by molar-refractivity contribution is -0.128. The maximum absolute atomic E-state index is 12.0. The molecule has 2 heterocycles. The molecule has 0 radical (unpaired) electrons. The molecule has 6 heteroatoms. The zero-order chi connectivity index (χ0) is 15.0. The van der Waals surface area contributed by atoms with Gasteiger partial charge in [-0.25, -0.2) is 14.8 Å². The van der Waals surface area contributed by atoms with Gasteiger partial charge in [0.15, 0.2) is 0 Å². The molecule has 21 heavy (non-hydrogen) atoms. The molecule has 1 amide bonds. The van der Waals surface area contributed by atoms with Crippen molar-refractivity contribution in [1.29, 1.82) is 0 Å². The van der Waals surface area contributed by atoms with E-state index in [1.165, 1.54) is 6.20 Å². The lowest BCUT2D eigenvalue weighted by Gasteiger charge is -2.15. The van der Waals surface area contributed by atoms with Crippen LogP contribution in [0, 0.1) is 19.8 Å². The monoisotopic (exact) mass is 289 g/mol. The molecule has 1 aliphatic heterocycles. The number of aromatic nitrogens is 2. The predicted octanol–water partition coefficient (Wildman–Crippen LogP) is 1.26. The zero-order valence-corrected chi connectivity index (χ0v) is 12.3. The fourth-order valence-corrected chi connectivity index (χ4v) is 2.71. The number of rotatable bonds is 4. The Bertz CT molecular complexity index is 584. The summed E-state index contributed by atoms with van der Waals surface area (Å²) in [7, 11) is 0. The van der Waals surface area contributed by atoms with E-state index in [2.05, 4.69) is 9.97 Å². The van der Waals surface area contributed by atoms with Crippen LogP contribution < -0.4 is 0 Å². The van der Waals surface area contributed by atoms with Gasteiger partial charge < -0.3 is 9.64 Å². The molecule has 0 bridgehead atoms. The Hall–Kier alpha value is -1.98. The Morgan fingerprint density at radius 2 is 2.19 bits per heavy atom. The number of nitrogens with zero attached hydrogens (tertiary/aromatic N) is 3. The van der Waals surface area contributed by atoms with Crippen LogP contribution in [-0.2, 0) is 9.53 Å². The van der Waals surface area contributed by atoms with Gasteiger partial charge in [-0.05, 0) is 26.7 Å². The molecule has 112 valence electrons. The molecular formula is C15H19N3O3. The zero-order valence-electron chi connectivity index (χ0n) is 12.3. The van der Waals surface area contributed by atoms with E-state index >= 15 is 0 Å². The summed E-state index contributed by atoms with van der Waals surface area (Å²) in [6.07, 6.45) is 4.19. The first-order chi connectivity index (χ1) is 10.0. The van der Waals surface area contributed by atoms with Crippen LogP contribution in [0.5, 0.6) is 0 Å². The second kappa shape index (κ2) is 5.42. The number of esters is 1. The van der Waals surface area contributed by atoms with E-state index in [1.54, 1.807) is 13.8 Å². The van der Waals surface area contributed by atoms with Crippen molar-refractivity contribution in [1.82, 2.24) is 14.9 Å². The quantitative estimate of drug-likeness (QED) is 0.780. The van der Waals surface area contributed by atoms with Crippen LogP contribution in [0.25, 0.3) is 0 Å². The summed E-state index contributed by atoms with van der Waals surface area (Å²) in [5.41, 5.74) is 1.01. The average Bonchev–Trinajstić information content (AvgIpc) is 3.20. The summed E-state index contributed by atoms with van der Waals surface area (Å²) in [5, 5.41) is 0.